The van der Waals surface area contributed by atoms with Crippen LogP contribution in [0.25, 0.3) is 0 Å². The van der Waals surface area contributed by atoms with E-state index < -0.39 is 0 Å². The molecule has 3 rings (SSSR count). The summed E-state index contributed by atoms with van der Waals surface area (Å²) >= 11 is 1.67. The molecular formula is C18H28N2O2S. The van der Waals surface area contributed by atoms with Gasteiger partial charge in [-0.25, -0.2) is 0 Å². The Morgan fingerprint density at radius 3 is 2.57 bits per heavy atom. The monoisotopic (exact) mass is 336 g/mol. The van der Waals surface area contributed by atoms with Crippen molar-refractivity contribution in [2.24, 2.45) is 5.92 Å². The first-order chi connectivity index (χ1) is 11.1. The normalized spacial score (nSPS) is 27.3. The molecule has 2 aliphatic heterocycles. The van der Waals surface area contributed by atoms with E-state index in [2.05, 4.69) is 29.7 Å². The summed E-state index contributed by atoms with van der Waals surface area (Å²) in [7, 11) is 0. The number of amides is 1. The molecule has 0 aliphatic carbocycles. The van der Waals surface area contributed by atoms with Gasteiger partial charge in [-0.2, -0.15) is 0 Å². The van der Waals surface area contributed by atoms with E-state index in [-0.39, 0.29) is 0 Å². The molecule has 1 amide bonds. The number of ether oxygens (including phenoxy) is 1. The molecule has 128 valence electrons. The third-order valence-corrected chi connectivity index (χ3v) is 5.76. The van der Waals surface area contributed by atoms with Gasteiger partial charge in [-0.05, 0) is 44.1 Å². The van der Waals surface area contributed by atoms with Gasteiger partial charge in [0.15, 0.2) is 0 Å². The molecule has 0 aromatic carbocycles. The summed E-state index contributed by atoms with van der Waals surface area (Å²) in [6.07, 6.45) is 3.52. The van der Waals surface area contributed by atoms with E-state index in [1.807, 2.05) is 11.4 Å². The number of thiophene rings is 1. The maximum atomic E-state index is 12.4. The van der Waals surface area contributed by atoms with E-state index in [1.165, 1.54) is 4.88 Å². The maximum Gasteiger partial charge on any atom is 0.227 e. The SMILES string of the molecule is C[C@@H]1CN(CC2CCN(C(=O)Cc3cccs3)CC2)C[C@@H](C)O1. The van der Waals surface area contributed by atoms with Crippen LogP contribution in [0.4, 0.5) is 0 Å². The van der Waals surface area contributed by atoms with E-state index in [0.29, 0.717) is 24.5 Å². The molecule has 23 heavy (non-hydrogen) atoms. The molecule has 0 bridgehead atoms. The molecule has 0 N–H and O–H groups in total. The van der Waals surface area contributed by atoms with Crippen molar-refractivity contribution in [3.8, 4) is 0 Å². The van der Waals surface area contributed by atoms with Gasteiger partial charge < -0.3 is 9.64 Å². The van der Waals surface area contributed by atoms with E-state index in [0.717, 1.165) is 51.5 Å². The van der Waals surface area contributed by atoms with E-state index in [1.54, 1.807) is 11.3 Å². The average molecular weight is 337 g/mol. The minimum absolute atomic E-state index is 0.291. The smallest absolute Gasteiger partial charge is 0.227 e. The summed E-state index contributed by atoms with van der Waals surface area (Å²) in [4.78, 5) is 18.1. The van der Waals surface area contributed by atoms with Crippen molar-refractivity contribution in [2.45, 2.75) is 45.3 Å². The molecule has 4 nitrogen and oxygen atoms in total. The van der Waals surface area contributed by atoms with Crippen LogP contribution in [0, 0.1) is 5.92 Å². The zero-order chi connectivity index (χ0) is 16.2. The lowest BCUT2D eigenvalue weighted by Crippen LogP contribution is -2.48. The van der Waals surface area contributed by atoms with Crippen molar-refractivity contribution in [3.63, 3.8) is 0 Å². The van der Waals surface area contributed by atoms with Gasteiger partial charge in [-0.1, -0.05) is 6.07 Å². The molecule has 5 heteroatoms. The highest BCUT2D eigenvalue weighted by molar-refractivity contribution is 7.10. The molecule has 2 aliphatic rings. The molecule has 1 aromatic rings. The van der Waals surface area contributed by atoms with Gasteiger partial charge in [0.05, 0.1) is 18.6 Å². The Labute approximate surface area is 143 Å². The summed E-state index contributed by atoms with van der Waals surface area (Å²) < 4.78 is 5.81. The topological polar surface area (TPSA) is 32.8 Å². The first-order valence-corrected chi connectivity index (χ1v) is 9.66. The van der Waals surface area contributed by atoms with Crippen LogP contribution in [-0.2, 0) is 16.0 Å². The van der Waals surface area contributed by atoms with E-state index in [4.69, 9.17) is 4.74 Å². The second-order valence-corrected chi connectivity index (χ2v) is 8.09. The Bertz CT molecular complexity index is 487. The second-order valence-electron chi connectivity index (χ2n) is 7.06. The molecule has 0 radical (unpaired) electrons. The van der Waals surface area contributed by atoms with Crippen LogP contribution in [0.5, 0.6) is 0 Å². The Balaban J connectivity index is 1.42. The molecule has 0 spiro atoms. The van der Waals surface area contributed by atoms with Crippen molar-refractivity contribution in [3.05, 3.63) is 22.4 Å². The summed E-state index contributed by atoms with van der Waals surface area (Å²) in [5.74, 6) is 1.01. The third kappa shape index (κ3) is 4.78. The number of piperidine rings is 1. The van der Waals surface area contributed by atoms with E-state index in [9.17, 15) is 4.79 Å². The van der Waals surface area contributed by atoms with Crippen molar-refractivity contribution < 1.29 is 9.53 Å². The molecule has 2 saturated heterocycles. The van der Waals surface area contributed by atoms with Gasteiger partial charge in [0.2, 0.25) is 5.91 Å². The molecule has 2 fully saturated rings. The van der Waals surface area contributed by atoms with Crippen molar-refractivity contribution in [1.82, 2.24) is 9.80 Å². The highest BCUT2D eigenvalue weighted by Gasteiger charge is 2.27. The fourth-order valence-corrected chi connectivity index (χ4v) is 4.53. The predicted octanol–water partition coefficient (Wildman–Crippen LogP) is 2.64. The molecule has 2 atom stereocenters. The number of hydrogen-bond donors (Lipinski definition) is 0. The Morgan fingerprint density at radius 1 is 1.26 bits per heavy atom. The van der Waals surface area contributed by atoms with Crippen LogP contribution in [0.2, 0.25) is 0 Å². The predicted molar refractivity (Wildman–Crippen MR) is 93.8 cm³/mol. The first-order valence-electron chi connectivity index (χ1n) is 8.78. The van der Waals surface area contributed by atoms with Gasteiger partial charge in [0.1, 0.15) is 0 Å². The van der Waals surface area contributed by atoms with Crippen LogP contribution >= 0.6 is 11.3 Å². The van der Waals surface area contributed by atoms with Crippen molar-refractivity contribution >= 4 is 17.2 Å². The molecule has 0 unspecified atom stereocenters. The van der Waals surface area contributed by atoms with Gasteiger partial charge in [0, 0.05) is 37.6 Å². The quantitative estimate of drug-likeness (QED) is 0.847. The van der Waals surface area contributed by atoms with Gasteiger partial charge >= 0.3 is 0 Å². The average Bonchev–Trinajstić information content (AvgIpc) is 3.00. The van der Waals surface area contributed by atoms with Crippen LogP contribution in [-0.4, -0.2) is 60.6 Å². The van der Waals surface area contributed by atoms with Crippen LogP contribution in [0.3, 0.4) is 0 Å². The van der Waals surface area contributed by atoms with E-state index >= 15 is 0 Å². The highest BCUT2D eigenvalue weighted by atomic mass is 32.1. The number of morpholine rings is 1. The van der Waals surface area contributed by atoms with Gasteiger partial charge in [0.25, 0.3) is 0 Å². The summed E-state index contributed by atoms with van der Waals surface area (Å²) in [6, 6.07) is 4.07. The standard InChI is InChI=1S/C18H28N2O2S/c1-14-11-19(12-15(2)22-14)13-16-5-7-20(8-6-16)18(21)10-17-4-3-9-23-17/h3-4,9,14-16H,5-8,10-13H2,1-2H3/t14-,15-/m1/s1. The summed E-state index contributed by atoms with van der Waals surface area (Å²) in [5.41, 5.74) is 0. The fraction of sp³-hybridized carbons (Fsp3) is 0.722. The number of rotatable bonds is 4. The second kappa shape index (κ2) is 7.77. The minimum atomic E-state index is 0.291. The van der Waals surface area contributed by atoms with Crippen LogP contribution in [0.15, 0.2) is 17.5 Å². The Kier molecular flexibility index (Phi) is 5.72. The van der Waals surface area contributed by atoms with Crippen molar-refractivity contribution in [1.29, 1.82) is 0 Å². The maximum absolute atomic E-state index is 12.4. The number of nitrogens with zero attached hydrogens (tertiary/aromatic N) is 2. The fourth-order valence-electron chi connectivity index (χ4n) is 3.84. The number of carbonyl (C=O) groups excluding carboxylic acids is 1. The summed E-state index contributed by atoms with van der Waals surface area (Å²) in [6.45, 7) is 9.41. The zero-order valence-corrected chi connectivity index (χ0v) is 15.1. The van der Waals surface area contributed by atoms with Gasteiger partial charge in [-0.15, -0.1) is 11.3 Å². The Hall–Kier alpha value is -0.910. The molecular weight excluding hydrogens is 308 g/mol. The van der Waals surface area contributed by atoms with Crippen molar-refractivity contribution in [2.75, 3.05) is 32.7 Å². The van der Waals surface area contributed by atoms with Gasteiger partial charge in [-0.3, -0.25) is 9.69 Å². The highest BCUT2D eigenvalue weighted by Crippen LogP contribution is 2.22. The first kappa shape index (κ1) is 16.9. The Morgan fingerprint density at radius 2 is 1.96 bits per heavy atom. The molecule has 1 aromatic heterocycles. The van der Waals surface area contributed by atoms with Crippen LogP contribution < -0.4 is 0 Å². The van der Waals surface area contributed by atoms with Crippen LogP contribution in [0.1, 0.15) is 31.6 Å². The summed E-state index contributed by atoms with van der Waals surface area (Å²) in [5, 5.41) is 2.04. The number of likely N-dealkylation sites (tertiary alicyclic amines) is 1. The third-order valence-electron chi connectivity index (χ3n) is 4.88. The lowest BCUT2D eigenvalue weighted by molar-refractivity contribution is -0.132. The lowest BCUT2D eigenvalue weighted by Gasteiger charge is -2.39. The largest absolute Gasteiger partial charge is 0.373 e. The molecule has 3 heterocycles. The molecule has 0 saturated carbocycles. The number of carbonyl (C=O) groups is 1. The minimum Gasteiger partial charge on any atom is -0.373 e. The number of hydrogen-bond acceptors (Lipinski definition) is 4. The lowest BCUT2D eigenvalue weighted by atomic mass is 9.95. The zero-order valence-electron chi connectivity index (χ0n) is 14.2.